The van der Waals surface area contributed by atoms with Crippen molar-refractivity contribution in [1.82, 2.24) is 0 Å². The van der Waals surface area contributed by atoms with Crippen LogP contribution in [0.25, 0.3) is 0 Å². The first-order valence-corrected chi connectivity index (χ1v) is 5.53. The zero-order valence-corrected chi connectivity index (χ0v) is 10.9. The number of phenolic OH excluding ortho intramolecular Hbond substituents is 1. The highest BCUT2D eigenvalue weighted by Crippen LogP contribution is 2.22. The first kappa shape index (κ1) is 14.0. The first-order chi connectivity index (χ1) is 8.19. The smallest absolute Gasteiger partial charge is 0.412 e. The van der Waals surface area contributed by atoms with E-state index in [4.69, 9.17) is 4.74 Å². The zero-order valence-electron chi connectivity index (χ0n) is 10.9. The van der Waals surface area contributed by atoms with Gasteiger partial charge in [-0.2, -0.15) is 0 Å². The molecule has 5 heteroatoms. The van der Waals surface area contributed by atoms with Gasteiger partial charge in [0.25, 0.3) is 0 Å². The monoisotopic (exact) mass is 251 g/mol. The van der Waals surface area contributed by atoms with Gasteiger partial charge in [0.1, 0.15) is 11.4 Å². The maximum Gasteiger partial charge on any atom is 0.412 e. The van der Waals surface area contributed by atoms with E-state index in [0.717, 1.165) is 0 Å². The van der Waals surface area contributed by atoms with Crippen LogP contribution in [0, 0.1) is 0 Å². The predicted octanol–water partition coefficient (Wildman–Crippen LogP) is 2.94. The number of anilines is 1. The predicted molar refractivity (Wildman–Crippen MR) is 68.0 cm³/mol. The summed E-state index contributed by atoms with van der Waals surface area (Å²) >= 11 is 0. The van der Waals surface area contributed by atoms with Gasteiger partial charge in [0.2, 0.25) is 0 Å². The van der Waals surface area contributed by atoms with Crippen molar-refractivity contribution in [3.8, 4) is 5.75 Å². The van der Waals surface area contributed by atoms with Gasteiger partial charge in [-0.3, -0.25) is 10.1 Å². The lowest BCUT2D eigenvalue weighted by molar-refractivity contribution is 0.0636. The second-order valence-corrected chi connectivity index (χ2v) is 4.91. The molecule has 0 unspecified atom stereocenters. The number of nitrogens with one attached hydrogen (secondary N) is 1. The van der Waals surface area contributed by atoms with Crippen molar-refractivity contribution < 1.29 is 19.4 Å². The Hall–Kier alpha value is -2.04. The topological polar surface area (TPSA) is 75.6 Å². The molecular formula is C13H17NO4. The van der Waals surface area contributed by atoms with Crippen LogP contribution in [0.4, 0.5) is 10.5 Å². The average Bonchev–Trinajstić information content (AvgIpc) is 2.17. The summed E-state index contributed by atoms with van der Waals surface area (Å²) in [4.78, 5) is 23.0. The van der Waals surface area contributed by atoms with Crippen LogP contribution >= 0.6 is 0 Å². The van der Waals surface area contributed by atoms with E-state index in [2.05, 4.69) is 5.32 Å². The van der Waals surface area contributed by atoms with Gasteiger partial charge in [0, 0.05) is 5.56 Å². The summed E-state index contributed by atoms with van der Waals surface area (Å²) in [5.41, 5.74) is -0.0624. The number of hydrogen-bond donors (Lipinski definition) is 2. The molecule has 0 aliphatic rings. The zero-order chi connectivity index (χ0) is 13.9. The quantitative estimate of drug-likeness (QED) is 0.626. The molecule has 0 atom stereocenters. The van der Waals surface area contributed by atoms with Crippen LogP contribution in [0.1, 0.15) is 38.1 Å². The molecule has 0 fully saturated rings. The molecular weight excluding hydrogens is 234 g/mol. The molecule has 1 aromatic carbocycles. The number of benzene rings is 1. The lowest BCUT2D eigenvalue weighted by Crippen LogP contribution is -2.27. The lowest BCUT2D eigenvalue weighted by Gasteiger charge is -2.20. The second kappa shape index (κ2) is 5.08. The highest BCUT2D eigenvalue weighted by Gasteiger charge is 2.18. The molecule has 0 aliphatic carbocycles. The minimum Gasteiger partial charge on any atom is -0.508 e. The summed E-state index contributed by atoms with van der Waals surface area (Å²) in [6, 6.07) is 4.14. The molecule has 0 saturated carbocycles. The third kappa shape index (κ3) is 4.08. The summed E-state index contributed by atoms with van der Waals surface area (Å²) in [5, 5.41) is 11.8. The first-order valence-electron chi connectivity index (χ1n) is 5.53. The fraction of sp³-hybridized carbons (Fsp3) is 0.385. The van der Waals surface area contributed by atoms with Gasteiger partial charge < -0.3 is 9.84 Å². The number of Topliss-reactive ketones (excluding diaryl/α,β-unsaturated/α-hetero) is 1. The number of hydrogen-bond acceptors (Lipinski definition) is 4. The summed E-state index contributed by atoms with van der Waals surface area (Å²) in [5.74, 6) is -0.285. The van der Waals surface area contributed by atoms with Gasteiger partial charge in [-0.1, -0.05) is 0 Å². The molecule has 0 spiro atoms. The summed E-state index contributed by atoms with van der Waals surface area (Å²) in [6.07, 6.45) is -0.643. The highest BCUT2D eigenvalue weighted by atomic mass is 16.6. The molecule has 98 valence electrons. The van der Waals surface area contributed by atoms with Crippen LogP contribution in [0.3, 0.4) is 0 Å². The Morgan fingerprint density at radius 1 is 1.28 bits per heavy atom. The molecule has 1 amide bonds. The van der Waals surface area contributed by atoms with E-state index in [1.54, 1.807) is 20.8 Å². The summed E-state index contributed by atoms with van der Waals surface area (Å²) in [6.45, 7) is 6.59. The number of ketones is 1. The average molecular weight is 251 g/mol. The minimum atomic E-state index is -0.643. The molecule has 0 radical (unpaired) electrons. The number of phenols is 1. The summed E-state index contributed by atoms with van der Waals surface area (Å²) < 4.78 is 5.08. The fourth-order valence-electron chi connectivity index (χ4n) is 1.35. The van der Waals surface area contributed by atoms with Crippen molar-refractivity contribution >= 4 is 17.6 Å². The van der Waals surface area contributed by atoms with Gasteiger partial charge in [-0.05, 0) is 45.9 Å². The second-order valence-electron chi connectivity index (χ2n) is 4.91. The number of ether oxygens (including phenoxy) is 1. The van der Waals surface area contributed by atoms with Crippen LogP contribution in [-0.4, -0.2) is 22.6 Å². The Kier molecular flexibility index (Phi) is 3.96. The van der Waals surface area contributed by atoms with Crippen LogP contribution in [0.15, 0.2) is 18.2 Å². The van der Waals surface area contributed by atoms with Crippen molar-refractivity contribution in [2.45, 2.75) is 33.3 Å². The van der Waals surface area contributed by atoms with Gasteiger partial charge in [-0.25, -0.2) is 4.79 Å². The van der Waals surface area contributed by atoms with Gasteiger partial charge in [0.05, 0.1) is 5.69 Å². The SMILES string of the molecule is CC(=O)c1cc(O)ccc1NC(=O)OC(C)(C)C. The number of rotatable bonds is 2. The normalized spacial score (nSPS) is 10.9. The Bertz CT molecular complexity index is 474. The van der Waals surface area contributed by atoms with E-state index in [-0.39, 0.29) is 17.1 Å². The van der Waals surface area contributed by atoms with Crippen molar-refractivity contribution in [2.75, 3.05) is 5.32 Å². The van der Waals surface area contributed by atoms with E-state index in [1.165, 1.54) is 25.1 Å². The van der Waals surface area contributed by atoms with E-state index >= 15 is 0 Å². The molecule has 0 aliphatic heterocycles. The summed E-state index contributed by atoms with van der Waals surface area (Å²) in [7, 11) is 0. The Morgan fingerprint density at radius 3 is 2.39 bits per heavy atom. The number of amides is 1. The molecule has 2 N–H and O–H groups in total. The van der Waals surface area contributed by atoms with Crippen molar-refractivity contribution in [3.05, 3.63) is 23.8 Å². The van der Waals surface area contributed by atoms with Crippen LogP contribution in [0.2, 0.25) is 0 Å². The van der Waals surface area contributed by atoms with Gasteiger partial charge >= 0.3 is 6.09 Å². The van der Waals surface area contributed by atoms with Crippen LogP contribution in [0.5, 0.6) is 5.75 Å². The molecule has 0 aromatic heterocycles. The Morgan fingerprint density at radius 2 is 1.89 bits per heavy atom. The molecule has 0 saturated heterocycles. The Labute approximate surface area is 106 Å². The minimum absolute atomic E-state index is 0.0325. The molecule has 5 nitrogen and oxygen atoms in total. The van der Waals surface area contributed by atoms with E-state index in [1.807, 2.05) is 0 Å². The number of carbonyl (C=O) groups is 2. The Balaban J connectivity index is 2.91. The van der Waals surface area contributed by atoms with E-state index < -0.39 is 11.7 Å². The van der Waals surface area contributed by atoms with Gasteiger partial charge in [-0.15, -0.1) is 0 Å². The standard InChI is InChI=1S/C13H17NO4/c1-8(15)10-7-9(16)5-6-11(10)14-12(17)18-13(2,3)4/h5-7,16H,1-4H3,(H,14,17). The van der Waals surface area contributed by atoms with E-state index in [9.17, 15) is 14.7 Å². The third-order valence-electron chi connectivity index (χ3n) is 2.02. The van der Waals surface area contributed by atoms with Crippen LogP contribution < -0.4 is 5.32 Å². The maximum absolute atomic E-state index is 11.6. The number of carbonyl (C=O) groups excluding carboxylic acids is 2. The largest absolute Gasteiger partial charge is 0.508 e. The highest BCUT2D eigenvalue weighted by molar-refractivity contribution is 6.02. The van der Waals surface area contributed by atoms with Gasteiger partial charge in [0.15, 0.2) is 5.78 Å². The molecule has 18 heavy (non-hydrogen) atoms. The van der Waals surface area contributed by atoms with Crippen molar-refractivity contribution in [1.29, 1.82) is 0 Å². The van der Waals surface area contributed by atoms with E-state index in [0.29, 0.717) is 5.69 Å². The maximum atomic E-state index is 11.6. The molecule has 1 rings (SSSR count). The fourth-order valence-corrected chi connectivity index (χ4v) is 1.35. The van der Waals surface area contributed by atoms with Crippen molar-refractivity contribution in [3.63, 3.8) is 0 Å². The lowest BCUT2D eigenvalue weighted by atomic mass is 10.1. The molecule has 0 bridgehead atoms. The molecule has 0 heterocycles. The third-order valence-corrected chi connectivity index (χ3v) is 2.02. The number of aromatic hydroxyl groups is 1. The van der Waals surface area contributed by atoms with Crippen LogP contribution in [-0.2, 0) is 4.74 Å². The molecule has 1 aromatic rings. The van der Waals surface area contributed by atoms with Crippen molar-refractivity contribution in [2.24, 2.45) is 0 Å².